The van der Waals surface area contributed by atoms with Crippen LogP contribution in [0.5, 0.6) is 0 Å². The Morgan fingerprint density at radius 1 is 1.44 bits per heavy atom. The molecule has 0 spiro atoms. The third kappa shape index (κ3) is 4.02. The van der Waals surface area contributed by atoms with Gasteiger partial charge in [0, 0.05) is 26.3 Å². The molecule has 0 aromatic heterocycles. The minimum atomic E-state index is -0.0148. The lowest BCUT2D eigenvalue weighted by Gasteiger charge is -2.21. The quantitative estimate of drug-likeness (QED) is 0.712. The number of hydrogen-bond donors (Lipinski definition) is 2. The molecule has 0 radical (unpaired) electrons. The van der Waals surface area contributed by atoms with Crippen molar-refractivity contribution in [1.29, 1.82) is 0 Å². The van der Waals surface area contributed by atoms with Gasteiger partial charge in [-0.15, -0.1) is 0 Å². The van der Waals surface area contributed by atoms with Crippen molar-refractivity contribution in [2.24, 2.45) is 5.41 Å². The summed E-state index contributed by atoms with van der Waals surface area (Å²) >= 11 is 0. The van der Waals surface area contributed by atoms with Crippen molar-refractivity contribution in [1.82, 2.24) is 10.6 Å². The van der Waals surface area contributed by atoms with Crippen molar-refractivity contribution in [3.8, 4) is 0 Å². The van der Waals surface area contributed by atoms with Gasteiger partial charge in [0.1, 0.15) is 0 Å². The fourth-order valence-corrected chi connectivity index (χ4v) is 2.44. The summed E-state index contributed by atoms with van der Waals surface area (Å²) in [6.07, 6.45) is 10.9. The second kappa shape index (κ2) is 6.23. The molecule has 0 saturated heterocycles. The fourth-order valence-electron chi connectivity index (χ4n) is 2.44. The summed E-state index contributed by atoms with van der Waals surface area (Å²) in [5.41, 5.74) is 0.319. The van der Waals surface area contributed by atoms with E-state index in [4.69, 9.17) is 4.74 Å². The zero-order valence-corrected chi connectivity index (χ0v) is 11.2. The second-order valence-electron chi connectivity index (χ2n) is 5.55. The van der Waals surface area contributed by atoms with Crippen LogP contribution in [-0.2, 0) is 4.74 Å². The number of nitrogens with one attached hydrogen (secondary N) is 2. The Balaban J connectivity index is 1.64. The molecule has 2 aliphatic rings. The average Bonchev–Trinajstić information content (AvgIpc) is 3.16. The molecule has 0 aromatic rings. The first-order valence-electron chi connectivity index (χ1n) is 6.92. The zero-order chi connectivity index (χ0) is 12.8. The van der Waals surface area contributed by atoms with E-state index in [9.17, 15) is 4.79 Å². The molecule has 0 heterocycles. The van der Waals surface area contributed by atoms with Crippen LogP contribution in [0.1, 0.15) is 38.5 Å². The Labute approximate surface area is 109 Å². The molecule has 18 heavy (non-hydrogen) atoms. The normalized spacial score (nSPS) is 24.6. The highest BCUT2D eigenvalue weighted by Crippen LogP contribution is 2.48. The first-order chi connectivity index (χ1) is 8.74. The van der Waals surface area contributed by atoms with Gasteiger partial charge in [0.05, 0.1) is 0 Å². The molecule has 1 atom stereocenters. The van der Waals surface area contributed by atoms with Crippen LogP contribution >= 0.6 is 0 Å². The first-order valence-corrected chi connectivity index (χ1v) is 6.92. The lowest BCUT2D eigenvalue weighted by atomic mass is 10.0. The van der Waals surface area contributed by atoms with E-state index in [1.54, 1.807) is 7.11 Å². The summed E-state index contributed by atoms with van der Waals surface area (Å²) < 4.78 is 5.11. The second-order valence-corrected chi connectivity index (χ2v) is 5.55. The largest absolute Gasteiger partial charge is 0.385 e. The van der Waals surface area contributed by atoms with Crippen molar-refractivity contribution >= 4 is 6.03 Å². The van der Waals surface area contributed by atoms with E-state index in [2.05, 4.69) is 22.8 Å². The number of allylic oxidation sites excluding steroid dienone is 1. The molecule has 0 bridgehead atoms. The topological polar surface area (TPSA) is 50.4 Å². The molecule has 0 aromatic carbocycles. The molecule has 2 rings (SSSR count). The molecule has 2 amide bonds. The monoisotopic (exact) mass is 252 g/mol. The van der Waals surface area contributed by atoms with Gasteiger partial charge in [-0.05, 0) is 43.9 Å². The summed E-state index contributed by atoms with van der Waals surface area (Å²) in [5.74, 6) is 0. The third-order valence-corrected chi connectivity index (χ3v) is 4.02. The molecular formula is C14H24N2O2. The molecule has 2 N–H and O–H groups in total. The average molecular weight is 252 g/mol. The Bertz CT molecular complexity index is 311. The van der Waals surface area contributed by atoms with Crippen LogP contribution < -0.4 is 10.6 Å². The van der Waals surface area contributed by atoms with Gasteiger partial charge in [-0.25, -0.2) is 4.79 Å². The zero-order valence-electron chi connectivity index (χ0n) is 11.2. The van der Waals surface area contributed by atoms with Crippen LogP contribution in [0.2, 0.25) is 0 Å². The van der Waals surface area contributed by atoms with Crippen LogP contribution in [0.15, 0.2) is 12.2 Å². The van der Waals surface area contributed by atoms with Gasteiger partial charge < -0.3 is 15.4 Å². The summed E-state index contributed by atoms with van der Waals surface area (Å²) in [6, 6.07) is 0.295. The van der Waals surface area contributed by atoms with Crippen LogP contribution in [0, 0.1) is 5.41 Å². The van der Waals surface area contributed by atoms with Crippen molar-refractivity contribution in [3.63, 3.8) is 0 Å². The lowest BCUT2D eigenvalue weighted by molar-refractivity contribution is 0.171. The number of urea groups is 1. The highest BCUT2D eigenvalue weighted by molar-refractivity contribution is 5.74. The van der Waals surface area contributed by atoms with Crippen LogP contribution in [0.3, 0.4) is 0 Å². The standard InChI is InChI=1S/C14H24N2O2/c1-18-10-9-14(7-8-14)11-15-13(17)16-12-5-3-2-4-6-12/h2-3,12H,4-11H2,1H3,(H2,15,16,17). The molecule has 1 unspecified atom stereocenters. The van der Waals surface area contributed by atoms with Crippen molar-refractivity contribution in [3.05, 3.63) is 12.2 Å². The number of rotatable bonds is 6. The first kappa shape index (κ1) is 13.4. The van der Waals surface area contributed by atoms with Crippen molar-refractivity contribution in [2.75, 3.05) is 20.3 Å². The Morgan fingerprint density at radius 3 is 2.89 bits per heavy atom. The Hall–Kier alpha value is -1.03. The van der Waals surface area contributed by atoms with Gasteiger partial charge in [-0.2, -0.15) is 0 Å². The SMILES string of the molecule is COCCC1(CNC(=O)NC2CC=CCC2)CC1. The molecule has 4 heteroatoms. The van der Waals surface area contributed by atoms with E-state index in [0.29, 0.717) is 11.5 Å². The minimum absolute atomic E-state index is 0.0148. The third-order valence-electron chi connectivity index (χ3n) is 4.02. The molecule has 1 fully saturated rings. The van der Waals surface area contributed by atoms with E-state index in [1.807, 2.05) is 0 Å². The number of hydrogen-bond acceptors (Lipinski definition) is 2. The predicted molar refractivity (Wildman–Crippen MR) is 71.5 cm³/mol. The summed E-state index contributed by atoms with van der Waals surface area (Å²) in [6.45, 7) is 1.57. The van der Waals surface area contributed by atoms with E-state index in [-0.39, 0.29) is 6.03 Å². The van der Waals surface area contributed by atoms with Crippen molar-refractivity contribution < 1.29 is 9.53 Å². The minimum Gasteiger partial charge on any atom is -0.385 e. The van der Waals surface area contributed by atoms with Gasteiger partial charge in [-0.3, -0.25) is 0 Å². The van der Waals surface area contributed by atoms with E-state index < -0.39 is 0 Å². The van der Waals surface area contributed by atoms with Gasteiger partial charge in [0.15, 0.2) is 0 Å². The number of carbonyl (C=O) groups excluding carboxylic acids is 1. The molecule has 4 nitrogen and oxygen atoms in total. The van der Waals surface area contributed by atoms with Crippen LogP contribution in [0.25, 0.3) is 0 Å². The molecule has 0 aliphatic heterocycles. The Morgan fingerprint density at radius 2 is 2.28 bits per heavy atom. The summed E-state index contributed by atoms with van der Waals surface area (Å²) in [4.78, 5) is 11.8. The van der Waals surface area contributed by atoms with Gasteiger partial charge >= 0.3 is 6.03 Å². The Kier molecular flexibility index (Phi) is 4.64. The summed E-state index contributed by atoms with van der Waals surface area (Å²) in [7, 11) is 1.73. The smallest absolute Gasteiger partial charge is 0.315 e. The van der Waals surface area contributed by atoms with Crippen LogP contribution in [0.4, 0.5) is 4.79 Å². The van der Waals surface area contributed by atoms with Gasteiger partial charge in [-0.1, -0.05) is 12.2 Å². The molecule has 102 valence electrons. The molecule has 2 aliphatic carbocycles. The maximum absolute atomic E-state index is 11.8. The predicted octanol–water partition coefficient (Wildman–Crippen LogP) is 2.21. The maximum Gasteiger partial charge on any atom is 0.315 e. The van der Waals surface area contributed by atoms with Crippen LogP contribution in [-0.4, -0.2) is 32.3 Å². The van der Waals surface area contributed by atoms with E-state index >= 15 is 0 Å². The van der Waals surface area contributed by atoms with Gasteiger partial charge in [0.2, 0.25) is 0 Å². The molecular weight excluding hydrogens is 228 g/mol. The number of methoxy groups -OCH3 is 1. The van der Waals surface area contributed by atoms with Gasteiger partial charge in [0.25, 0.3) is 0 Å². The highest BCUT2D eigenvalue weighted by Gasteiger charge is 2.42. The van der Waals surface area contributed by atoms with Crippen molar-refractivity contribution in [2.45, 2.75) is 44.6 Å². The number of carbonyl (C=O) groups is 1. The number of ether oxygens (including phenoxy) is 1. The van der Waals surface area contributed by atoms with E-state index in [1.165, 1.54) is 12.8 Å². The van der Waals surface area contributed by atoms with E-state index in [0.717, 1.165) is 38.8 Å². The molecule has 1 saturated carbocycles. The highest BCUT2D eigenvalue weighted by atomic mass is 16.5. The fraction of sp³-hybridized carbons (Fsp3) is 0.786. The lowest BCUT2D eigenvalue weighted by Crippen LogP contribution is -2.44. The summed E-state index contributed by atoms with van der Waals surface area (Å²) in [5, 5.41) is 6.05. The number of amides is 2. The maximum atomic E-state index is 11.8.